The number of nitrogens with zero attached hydrogens (tertiary/aromatic N) is 1. The van der Waals surface area contributed by atoms with Crippen LogP contribution >= 0.6 is 11.6 Å². The number of anilines is 1. The van der Waals surface area contributed by atoms with Crippen LogP contribution in [0.2, 0.25) is 0 Å². The Morgan fingerprint density at radius 2 is 1.92 bits per heavy atom. The van der Waals surface area contributed by atoms with Crippen LogP contribution in [0.25, 0.3) is 11.6 Å². The minimum atomic E-state index is -0.278. The first-order valence-corrected chi connectivity index (χ1v) is 8.82. The number of methoxy groups -OCH3 is 1. The zero-order valence-electron chi connectivity index (χ0n) is 14.4. The minimum Gasteiger partial charge on any atom is -0.497 e. The third-order valence-corrected chi connectivity index (χ3v) is 4.48. The van der Waals surface area contributed by atoms with Gasteiger partial charge in [0, 0.05) is 12.1 Å². The fraction of sp³-hybridized carbons (Fsp3) is 0.300. The minimum absolute atomic E-state index is 0.256. The maximum Gasteiger partial charge on any atom is 0.143 e. The summed E-state index contributed by atoms with van der Waals surface area (Å²) in [4.78, 5) is 1.94. The maximum absolute atomic E-state index is 14.5. The molecule has 0 radical (unpaired) electrons. The summed E-state index contributed by atoms with van der Waals surface area (Å²) in [5.74, 6) is 1.18. The van der Waals surface area contributed by atoms with E-state index in [2.05, 4.69) is 0 Å². The molecule has 0 atom stereocenters. The Labute approximate surface area is 152 Å². The normalized spacial score (nSPS) is 13.3. The first-order chi connectivity index (χ1) is 12.2. The molecule has 0 aliphatic carbocycles. The van der Waals surface area contributed by atoms with Gasteiger partial charge in [-0.1, -0.05) is 19.1 Å². The molecule has 0 bridgehead atoms. The molecular formula is C20H21ClFNO2. The number of alkyl halides is 1. The van der Waals surface area contributed by atoms with Gasteiger partial charge in [-0.3, -0.25) is 0 Å². The van der Waals surface area contributed by atoms with E-state index in [-0.39, 0.29) is 11.8 Å². The highest BCUT2D eigenvalue weighted by Crippen LogP contribution is 2.41. The van der Waals surface area contributed by atoms with Crippen molar-refractivity contribution in [3.05, 3.63) is 53.3 Å². The lowest BCUT2D eigenvalue weighted by molar-refractivity contribution is 0.317. The molecule has 1 aliphatic rings. The molecule has 0 aromatic heterocycles. The fourth-order valence-electron chi connectivity index (χ4n) is 2.94. The van der Waals surface area contributed by atoms with Gasteiger partial charge in [0.2, 0.25) is 0 Å². The molecule has 0 saturated carbocycles. The van der Waals surface area contributed by atoms with Gasteiger partial charge in [-0.2, -0.15) is 0 Å². The summed E-state index contributed by atoms with van der Waals surface area (Å²) in [5, 5.41) is 0. The van der Waals surface area contributed by atoms with Gasteiger partial charge in [0.25, 0.3) is 0 Å². The van der Waals surface area contributed by atoms with E-state index in [0.717, 1.165) is 29.0 Å². The summed E-state index contributed by atoms with van der Waals surface area (Å²) in [5.41, 5.74) is 3.26. The smallest absolute Gasteiger partial charge is 0.143 e. The quantitative estimate of drug-likeness (QED) is 0.522. The first-order valence-electron chi connectivity index (χ1n) is 8.29. The summed E-state index contributed by atoms with van der Waals surface area (Å²) in [7, 11) is 1.63. The lowest BCUT2D eigenvalue weighted by atomic mass is 9.96. The highest BCUT2D eigenvalue weighted by atomic mass is 35.5. The monoisotopic (exact) mass is 361 g/mol. The molecule has 3 nitrogen and oxygen atoms in total. The molecule has 1 aliphatic heterocycles. The molecule has 0 fully saturated rings. The van der Waals surface area contributed by atoms with Crippen molar-refractivity contribution >= 4 is 28.9 Å². The predicted molar refractivity (Wildman–Crippen MR) is 101 cm³/mol. The molecule has 0 spiro atoms. The van der Waals surface area contributed by atoms with E-state index in [4.69, 9.17) is 21.1 Å². The number of hydrogen-bond acceptors (Lipinski definition) is 3. The number of fused-ring (bicyclic) bond motifs is 1. The van der Waals surface area contributed by atoms with Crippen molar-refractivity contribution in [1.29, 1.82) is 0 Å². The van der Waals surface area contributed by atoms with Crippen LogP contribution in [-0.4, -0.2) is 26.3 Å². The van der Waals surface area contributed by atoms with Crippen molar-refractivity contribution < 1.29 is 13.9 Å². The van der Waals surface area contributed by atoms with Gasteiger partial charge in [-0.15, -0.1) is 11.6 Å². The van der Waals surface area contributed by atoms with E-state index in [9.17, 15) is 4.39 Å². The van der Waals surface area contributed by atoms with E-state index in [1.165, 1.54) is 6.07 Å². The molecule has 2 aromatic rings. The third kappa shape index (κ3) is 3.59. The second-order valence-corrected chi connectivity index (χ2v) is 6.11. The Bertz CT molecular complexity index is 774. The molecule has 0 amide bonds. The largest absolute Gasteiger partial charge is 0.497 e. The molecule has 2 aromatic carbocycles. The Morgan fingerprint density at radius 1 is 1.16 bits per heavy atom. The SMILES string of the molecule is CCCOc1ccc(F)c2c1N(CCl)CC(c1ccc(OC)cc1)=C2. The number of halogens is 2. The van der Waals surface area contributed by atoms with Gasteiger partial charge in [0.1, 0.15) is 17.3 Å². The van der Waals surface area contributed by atoms with E-state index < -0.39 is 0 Å². The Hall–Kier alpha value is -2.20. The molecule has 25 heavy (non-hydrogen) atoms. The van der Waals surface area contributed by atoms with Crippen molar-refractivity contribution in [2.75, 3.05) is 31.2 Å². The van der Waals surface area contributed by atoms with Gasteiger partial charge in [-0.25, -0.2) is 4.39 Å². The third-order valence-electron chi connectivity index (χ3n) is 4.19. The van der Waals surface area contributed by atoms with Crippen molar-refractivity contribution in [3.63, 3.8) is 0 Å². The summed E-state index contributed by atoms with van der Waals surface area (Å²) in [6.07, 6.45) is 2.77. The first kappa shape index (κ1) is 17.6. The standard InChI is InChI=1S/C20H21ClFNO2/c1-3-10-25-19-9-8-18(22)17-11-15(12-23(13-21)20(17)19)14-4-6-16(24-2)7-5-14/h4-9,11H,3,10,12-13H2,1-2H3. The number of ether oxygens (including phenoxy) is 2. The van der Waals surface area contributed by atoms with Crippen LogP contribution in [0, 0.1) is 5.82 Å². The average Bonchev–Trinajstić information content (AvgIpc) is 2.67. The van der Waals surface area contributed by atoms with Crippen molar-refractivity contribution in [3.8, 4) is 11.5 Å². The van der Waals surface area contributed by atoms with Gasteiger partial charge in [0.15, 0.2) is 0 Å². The Balaban J connectivity index is 2.05. The zero-order valence-corrected chi connectivity index (χ0v) is 15.1. The van der Waals surface area contributed by atoms with E-state index in [1.807, 2.05) is 42.2 Å². The van der Waals surface area contributed by atoms with Crippen LogP contribution in [0.15, 0.2) is 36.4 Å². The van der Waals surface area contributed by atoms with Crippen molar-refractivity contribution in [2.24, 2.45) is 0 Å². The summed E-state index contributed by atoms with van der Waals surface area (Å²) in [6.45, 7) is 3.22. The van der Waals surface area contributed by atoms with Crippen molar-refractivity contribution in [2.45, 2.75) is 13.3 Å². The highest BCUT2D eigenvalue weighted by Gasteiger charge is 2.25. The van der Waals surface area contributed by atoms with Crippen LogP contribution in [-0.2, 0) is 0 Å². The fourth-order valence-corrected chi connectivity index (χ4v) is 3.15. The molecule has 3 rings (SSSR count). The van der Waals surface area contributed by atoms with Crippen molar-refractivity contribution in [1.82, 2.24) is 0 Å². The molecule has 1 heterocycles. The zero-order chi connectivity index (χ0) is 17.8. The predicted octanol–water partition coefficient (Wildman–Crippen LogP) is 5.18. The van der Waals surface area contributed by atoms with Gasteiger partial charge >= 0.3 is 0 Å². The van der Waals surface area contributed by atoms with Crippen LogP contribution < -0.4 is 14.4 Å². The topological polar surface area (TPSA) is 21.7 Å². The molecule has 132 valence electrons. The molecular weight excluding hydrogens is 341 g/mol. The van der Waals surface area contributed by atoms with Gasteiger partial charge in [0.05, 0.1) is 25.4 Å². The molecule has 0 saturated heterocycles. The average molecular weight is 362 g/mol. The number of hydrogen-bond donors (Lipinski definition) is 0. The summed E-state index contributed by atoms with van der Waals surface area (Å²) < 4.78 is 25.5. The maximum atomic E-state index is 14.5. The summed E-state index contributed by atoms with van der Waals surface area (Å²) >= 11 is 6.17. The van der Waals surface area contributed by atoms with E-state index in [0.29, 0.717) is 24.5 Å². The molecule has 5 heteroatoms. The number of benzene rings is 2. The van der Waals surface area contributed by atoms with Gasteiger partial charge < -0.3 is 14.4 Å². The lowest BCUT2D eigenvalue weighted by Gasteiger charge is -2.31. The van der Waals surface area contributed by atoms with E-state index in [1.54, 1.807) is 13.2 Å². The van der Waals surface area contributed by atoms with Crippen LogP contribution in [0.4, 0.5) is 10.1 Å². The van der Waals surface area contributed by atoms with Crippen LogP contribution in [0.3, 0.4) is 0 Å². The second-order valence-electron chi connectivity index (χ2n) is 5.87. The van der Waals surface area contributed by atoms with E-state index >= 15 is 0 Å². The highest BCUT2D eigenvalue weighted by molar-refractivity contribution is 6.19. The molecule has 0 unspecified atom stereocenters. The Morgan fingerprint density at radius 3 is 2.56 bits per heavy atom. The lowest BCUT2D eigenvalue weighted by Crippen LogP contribution is -2.28. The molecule has 0 N–H and O–H groups in total. The van der Waals surface area contributed by atoms with Crippen LogP contribution in [0.1, 0.15) is 24.5 Å². The summed E-state index contributed by atoms with van der Waals surface area (Å²) in [6, 6.07) is 11.1. The van der Waals surface area contributed by atoms with Gasteiger partial charge in [-0.05, 0) is 47.9 Å². The second kappa shape index (κ2) is 7.79. The Kier molecular flexibility index (Phi) is 5.49. The van der Waals surface area contributed by atoms with Crippen LogP contribution in [0.5, 0.6) is 11.5 Å². The number of rotatable bonds is 6.